The summed E-state index contributed by atoms with van der Waals surface area (Å²) in [6.45, 7) is 3.71. The number of aromatic nitrogens is 2. The van der Waals surface area contributed by atoms with Crippen LogP contribution in [0.2, 0.25) is 0 Å². The van der Waals surface area contributed by atoms with Gasteiger partial charge in [-0.3, -0.25) is 0 Å². The number of hydrogen-bond donors (Lipinski definition) is 1. The number of nitriles is 1. The first kappa shape index (κ1) is 17.8. The fourth-order valence-electron chi connectivity index (χ4n) is 3.13. The van der Waals surface area contributed by atoms with Crippen LogP contribution in [0.25, 0.3) is 0 Å². The number of aryl methyl sites for hydroxylation is 1. The Balaban J connectivity index is 1.64. The van der Waals surface area contributed by atoms with Gasteiger partial charge in [0.2, 0.25) is 5.88 Å². The Bertz CT molecular complexity index is 793. The first-order valence-corrected chi connectivity index (χ1v) is 8.65. The number of methoxy groups -OCH3 is 1. The molecular weight excluding hydrogens is 330 g/mol. The van der Waals surface area contributed by atoms with Crippen molar-refractivity contribution in [2.75, 3.05) is 37.5 Å². The largest absolute Gasteiger partial charge is 0.489 e. The standard InChI is InChI=1S/C19H23N5O2/c1-13-10-14(11-20)18(21-2)23-19(13)24-8-6-15(7-9-24)26-16-4-5-17(25-3)22-12-16/h4-5,10,12,15H,6-9H2,1-3H3,(H,21,23). The van der Waals surface area contributed by atoms with Crippen LogP contribution in [0.4, 0.5) is 11.6 Å². The smallest absolute Gasteiger partial charge is 0.213 e. The topological polar surface area (TPSA) is 83.3 Å². The molecule has 3 heterocycles. The first-order valence-electron chi connectivity index (χ1n) is 8.65. The van der Waals surface area contributed by atoms with Crippen molar-refractivity contribution < 1.29 is 9.47 Å². The highest BCUT2D eigenvalue weighted by Crippen LogP contribution is 2.27. The summed E-state index contributed by atoms with van der Waals surface area (Å²) in [4.78, 5) is 11.1. The molecule has 0 radical (unpaired) electrons. The number of hydrogen-bond acceptors (Lipinski definition) is 7. The molecule has 0 unspecified atom stereocenters. The summed E-state index contributed by atoms with van der Waals surface area (Å²) in [5, 5.41) is 12.2. The molecule has 0 amide bonds. The molecule has 3 rings (SSSR count). The Kier molecular flexibility index (Phi) is 5.42. The van der Waals surface area contributed by atoms with E-state index in [2.05, 4.69) is 26.3 Å². The third-order valence-corrected chi connectivity index (χ3v) is 4.51. The minimum Gasteiger partial charge on any atom is -0.489 e. The van der Waals surface area contributed by atoms with E-state index in [1.165, 1.54) is 0 Å². The van der Waals surface area contributed by atoms with Crippen LogP contribution in [-0.2, 0) is 0 Å². The first-order chi connectivity index (χ1) is 12.6. The van der Waals surface area contributed by atoms with Gasteiger partial charge in [0.25, 0.3) is 0 Å². The van der Waals surface area contributed by atoms with Gasteiger partial charge in [-0.2, -0.15) is 5.26 Å². The zero-order chi connectivity index (χ0) is 18.5. The maximum Gasteiger partial charge on any atom is 0.213 e. The van der Waals surface area contributed by atoms with Gasteiger partial charge >= 0.3 is 0 Å². The molecule has 0 atom stereocenters. The number of rotatable bonds is 5. The summed E-state index contributed by atoms with van der Waals surface area (Å²) in [6.07, 6.45) is 3.66. The Hall–Kier alpha value is -3.01. The molecule has 1 N–H and O–H groups in total. The van der Waals surface area contributed by atoms with Gasteiger partial charge in [0.1, 0.15) is 29.6 Å². The molecule has 0 aliphatic carbocycles. The molecule has 1 saturated heterocycles. The number of nitrogens with zero attached hydrogens (tertiary/aromatic N) is 4. The highest BCUT2D eigenvalue weighted by Gasteiger charge is 2.23. The molecule has 0 aromatic carbocycles. The quantitative estimate of drug-likeness (QED) is 0.885. The maximum absolute atomic E-state index is 9.21. The average Bonchev–Trinajstić information content (AvgIpc) is 2.69. The lowest BCUT2D eigenvalue weighted by atomic mass is 10.1. The van der Waals surface area contributed by atoms with Crippen molar-refractivity contribution in [2.45, 2.75) is 25.9 Å². The molecule has 7 nitrogen and oxygen atoms in total. The van der Waals surface area contributed by atoms with Crippen LogP contribution in [0.5, 0.6) is 11.6 Å². The van der Waals surface area contributed by atoms with E-state index in [1.54, 1.807) is 26.4 Å². The lowest BCUT2D eigenvalue weighted by Gasteiger charge is -2.34. The maximum atomic E-state index is 9.21. The normalized spacial score (nSPS) is 14.6. The van der Waals surface area contributed by atoms with Crippen molar-refractivity contribution in [1.29, 1.82) is 5.26 Å². The minimum absolute atomic E-state index is 0.156. The number of nitrogens with one attached hydrogen (secondary N) is 1. The van der Waals surface area contributed by atoms with Gasteiger partial charge in [-0.05, 0) is 24.6 Å². The highest BCUT2D eigenvalue weighted by atomic mass is 16.5. The van der Waals surface area contributed by atoms with E-state index >= 15 is 0 Å². The van der Waals surface area contributed by atoms with Crippen molar-refractivity contribution in [3.8, 4) is 17.7 Å². The number of ether oxygens (including phenoxy) is 2. The van der Waals surface area contributed by atoms with Gasteiger partial charge in [-0.15, -0.1) is 0 Å². The van der Waals surface area contributed by atoms with Crippen LogP contribution in [0.3, 0.4) is 0 Å². The monoisotopic (exact) mass is 353 g/mol. The third-order valence-electron chi connectivity index (χ3n) is 4.51. The van der Waals surface area contributed by atoms with Crippen LogP contribution >= 0.6 is 0 Å². The molecule has 0 bridgehead atoms. The number of piperidine rings is 1. The Morgan fingerprint density at radius 2 is 2.08 bits per heavy atom. The van der Waals surface area contributed by atoms with Crippen molar-refractivity contribution >= 4 is 11.6 Å². The predicted molar refractivity (Wildman–Crippen MR) is 99.9 cm³/mol. The van der Waals surface area contributed by atoms with Crippen LogP contribution in [0.1, 0.15) is 24.0 Å². The second kappa shape index (κ2) is 7.91. The summed E-state index contributed by atoms with van der Waals surface area (Å²) >= 11 is 0. The molecule has 1 aliphatic heterocycles. The minimum atomic E-state index is 0.156. The summed E-state index contributed by atoms with van der Waals surface area (Å²) in [5.41, 5.74) is 1.58. The van der Waals surface area contributed by atoms with Crippen molar-refractivity contribution in [2.24, 2.45) is 0 Å². The van der Waals surface area contributed by atoms with Gasteiger partial charge in [-0.1, -0.05) is 0 Å². The van der Waals surface area contributed by atoms with Crippen molar-refractivity contribution in [3.05, 3.63) is 35.5 Å². The molecule has 7 heteroatoms. The number of anilines is 2. The zero-order valence-corrected chi connectivity index (χ0v) is 15.3. The second-order valence-corrected chi connectivity index (χ2v) is 6.23. The van der Waals surface area contributed by atoms with Gasteiger partial charge in [0.05, 0.1) is 18.9 Å². The zero-order valence-electron chi connectivity index (χ0n) is 15.3. The number of pyridine rings is 2. The van der Waals surface area contributed by atoms with E-state index < -0.39 is 0 Å². The third kappa shape index (κ3) is 3.80. The van der Waals surface area contributed by atoms with E-state index in [4.69, 9.17) is 9.47 Å². The molecule has 1 fully saturated rings. The lowest BCUT2D eigenvalue weighted by molar-refractivity contribution is 0.170. The van der Waals surface area contributed by atoms with E-state index in [9.17, 15) is 5.26 Å². The van der Waals surface area contributed by atoms with Gasteiger partial charge < -0.3 is 19.7 Å². The predicted octanol–water partition coefficient (Wildman–Crippen LogP) is 2.75. The average molecular weight is 353 g/mol. The van der Waals surface area contributed by atoms with Gasteiger partial charge in [-0.25, -0.2) is 9.97 Å². The Morgan fingerprint density at radius 3 is 2.65 bits per heavy atom. The summed E-state index contributed by atoms with van der Waals surface area (Å²) in [6, 6.07) is 7.75. The van der Waals surface area contributed by atoms with Gasteiger partial charge in [0.15, 0.2) is 0 Å². The molecular formula is C19H23N5O2. The highest BCUT2D eigenvalue weighted by molar-refractivity contribution is 5.61. The van der Waals surface area contributed by atoms with Crippen molar-refractivity contribution in [3.63, 3.8) is 0 Å². The molecule has 26 heavy (non-hydrogen) atoms. The molecule has 136 valence electrons. The SMILES string of the molecule is CNc1nc(N2CCC(Oc3ccc(OC)nc3)CC2)c(C)cc1C#N. The lowest BCUT2D eigenvalue weighted by Crippen LogP contribution is -2.39. The summed E-state index contributed by atoms with van der Waals surface area (Å²) in [5.74, 6) is 2.89. The van der Waals surface area contributed by atoms with Crippen LogP contribution < -0.4 is 19.7 Å². The van der Waals surface area contributed by atoms with E-state index in [0.29, 0.717) is 17.3 Å². The van der Waals surface area contributed by atoms with E-state index in [1.807, 2.05) is 19.1 Å². The molecule has 2 aromatic heterocycles. The van der Waals surface area contributed by atoms with Crippen LogP contribution in [-0.4, -0.2) is 43.3 Å². The molecule has 2 aromatic rings. The summed E-state index contributed by atoms with van der Waals surface area (Å²) < 4.78 is 11.1. The summed E-state index contributed by atoms with van der Waals surface area (Å²) in [7, 11) is 3.38. The Labute approximate surface area is 153 Å². The molecule has 0 saturated carbocycles. The molecule has 0 spiro atoms. The van der Waals surface area contributed by atoms with E-state index in [0.717, 1.165) is 43.1 Å². The van der Waals surface area contributed by atoms with Crippen molar-refractivity contribution in [1.82, 2.24) is 9.97 Å². The fourth-order valence-corrected chi connectivity index (χ4v) is 3.13. The second-order valence-electron chi connectivity index (χ2n) is 6.23. The fraction of sp³-hybridized carbons (Fsp3) is 0.421. The Morgan fingerprint density at radius 1 is 1.31 bits per heavy atom. The van der Waals surface area contributed by atoms with E-state index in [-0.39, 0.29) is 6.10 Å². The van der Waals surface area contributed by atoms with Crippen LogP contribution in [0, 0.1) is 18.3 Å². The van der Waals surface area contributed by atoms with Crippen LogP contribution in [0.15, 0.2) is 24.4 Å². The van der Waals surface area contributed by atoms with Gasteiger partial charge in [0, 0.05) is 39.0 Å². The molecule has 1 aliphatic rings.